The monoisotopic (exact) mass is 288 g/mol. The van der Waals surface area contributed by atoms with Gasteiger partial charge in [0.1, 0.15) is 0 Å². The van der Waals surface area contributed by atoms with Gasteiger partial charge in [0.2, 0.25) is 6.79 Å². The molecule has 1 heterocycles. The zero-order chi connectivity index (χ0) is 14.5. The van der Waals surface area contributed by atoms with Crippen LogP contribution in [0.3, 0.4) is 0 Å². The molecule has 1 fully saturated rings. The lowest BCUT2D eigenvalue weighted by Crippen LogP contribution is -2.12. The highest BCUT2D eigenvalue weighted by Crippen LogP contribution is 2.33. The molecular weight excluding hydrogens is 260 g/mol. The van der Waals surface area contributed by atoms with Crippen LogP contribution in [0.5, 0.6) is 11.5 Å². The standard InChI is InChI=1S/C19H28O2/c1-15-7-9-16(10-8-15)5-3-2-4-6-17-11-12-18-19(13-17)21-14-20-18/h11-13,15-16H,2-10,14H2,1H3. The number of fused-ring (bicyclic) bond motifs is 1. The van der Waals surface area contributed by atoms with Crippen molar-refractivity contribution in [2.24, 2.45) is 11.8 Å². The summed E-state index contributed by atoms with van der Waals surface area (Å²) in [5.74, 6) is 3.81. The molecule has 1 saturated carbocycles. The summed E-state index contributed by atoms with van der Waals surface area (Å²) in [5.41, 5.74) is 1.38. The molecule has 1 aromatic rings. The zero-order valence-corrected chi connectivity index (χ0v) is 13.3. The first-order valence-electron chi connectivity index (χ1n) is 8.70. The van der Waals surface area contributed by atoms with Crippen LogP contribution in [0.4, 0.5) is 0 Å². The maximum Gasteiger partial charge on any atom is 0.231 e. The van der Waals surface area contributed by atoms with Crippen LogP contribution in [0.2, 0.25) is 0 Å². The van der Waals surface area contributed by atoms with E-state index < -0.39 is 0 Å². The Bertz CT molecular complexity index is 447. The van der Waals surface area contributed by atoms with Gasteiger partial charge in [-0.05, 0) is 42.4 Å². The number of rotatable bonds is 6. The third kappa shape index (κ3) is 4.15. The predicted molar refractivity (Wildman–Crippen MR) is 85.9 cm³/mol. The van der Waals surface area contributed by atoms with Gasteiger partial charge in [0, 0.05) is 0 Å². The van der Waals surface area contributed by atoms with Crippen LogP contribution in [-0.2, 0) is 6.42 Å². The largest absolute Gasteiger partial charge is 0.454 e. The van der Waals surface area contributed by atoms with Crippen molar-refractivity contribution >= 4 is 0 Å². The Hall–Kier alpha value is -1.18. The lowest BCUT2D eigenvalue weighted by molar-refractivity contribution is 0.174. The fraction of sp³-hybridized carbons (Fsp3) is 0.684. The van der Waals surface area contributed by atoms with E-state index in [9.17, 15) is 0 Å². The average molecular weight is 288 g/mol. The number of benzene rings is 1. The fourth-order valence-corrected chi connectivity index (χ4v) is 3.65. The Morgan fingerprint density at radius 1 is 0.952 bits per heavy atom. The first-order chi connectivity index (χ1) is 10.3. The zero-order valence-electron chi connectivity index (χ0n) is 13.3. The number of aryl methyl sites for hydroxylation is 1. The summed E-state index contributed by atoms with van der Waals surface area (Å²) >= 11 is 0. The molecule has 2 heteroatoms. The summed E-state index contributed by atoms with van der Waals surface area (Å²) in [4.78, 5) is 0. The summed E-state index contributed by atoms with van der Waals surface area (Å²) in [7, 11) is 0. The number of hydrogen-bond acceptors (Lipinski definition) is 2. The van der Waals surface area contributed by atoms with E-state index >= 15 is 0 Å². The summed E-state index contributed by atoms with van der Waals surface area (Å²) < 4.78 is 10.8. The Kier molecular flexibility index (Phi) is 5.05. The number of hydrogen-bond donors (Lipinski definition) is 0. The third-order valence-corrected chi connectivity index (χ3v) is 5.15. The maximum atomic E-state index is 5.43. The van der Waals surface area contributed by atoms with Crippen LogP contribution in [0.15, 0.2) is 18.2 Å². The predicted octanol–water partition coefficient (Wildman–Crippen LogP) is 5.34. The molecule has 3 rings (SSSR count). The smallest absolute Gasteiger partial charge is 0.231 e. The molecule has 0 radical (unpaired) electrons. The van der Waals surface area contributed by atoms with Gasteiger partial charge in [-0.1, -0.05) is 57.9 Å². The highest BCUT2D eigenvalue weighted by molar-refractivity contribution is 5.44. The van der Waals surface area contributed by atoms with Crippen molar-refractivity contribution < 1.29 is 9.47 Å². The van der Waals surface area contributed by atoms with Crippen LogP contribution in [0.1, 0.15) is 63.9 Å². The van der Waals surface area contributed by atoms with E-state index in [0.29, 0.717) is 6.79 Å². The first kappa shape index (κ1) is 14.7. The van der Waals surface area contributed by atoms with Gasteiger partial charge in [0.05, 0.1) is 0 Å². The van der Waals surface area contributed by atoms with Gasteiger partial charge >= 0.3 is 0 Å². The molecule has 2 aliphatic rings. The van der Waals surface area contributed by atoms with Gasteiger partial charge in [0.25, 0.3) is 0 Å². The van der Waals surface area contributed by atoms with Crippen LogP contribution >= 0.6 is 0 Å². The highest BCUT2D eigenvalue weighted by Gasteiger charge is 2.17. The van der Waals surface area contributed by atoms with Gasteiger partial charge in [-0.3, -0.25) is 0 Å². The van der Waals surface area contributed by atoms with Crippen LogP contribution < -0.4 is 9.47 Å². The van der Waals surface area contributed by atoms with Gasteiger partial charge in [-0.15, -0.1) is 0 Å². The molecule has 0 atom stereocenters. The third-order valence-electron chi connectivity index (χ3n) is 5.15. The molecule has 0 amide bonds. The minimum absolute atomic E-state index is 0.374. The Balaban J connectivity index is 1.31. The summed E-state index contributed by atoms with van der Waals surface area (Å²) in [5, 5.41) is 0. The molecule has 0 spiro atoms. The van der Waals surface area contributed by atoms with Crippen molar-refractivity contribution in [1.29, 1.82) is 0 Å². The molecule has 2 nitrogen and oxygen atoms in total. The molecule has 1 aromatic carbocycles. The minimum Gasteiger partial charge on any atom is -0.454 e. The first-order valence-corrected chi connectivity index (χ1v) is 8.70. The Morgan fingerprint density at radius 2 is 1.76 bits per heavy atom. The highest BCUT2D eigenvalue weighted by atomic mass is 16.7. The second kappa shape index (κ2) is 7.20. The van der Waals surface area contributed by atoms with Crippen LogP contribution in [-0.4, -0.2) is 6.79 Å². The Morgan fingerprint density at radius 3 is 2.62 bits per heavy atom. The van der Waals surface area contributed by atoms with E-state index in [-0.39, 0.29) is 0 Å². The van der Waals surface area contributed by atoms with Crippen molar-refractivity contribution in [2.75, 3.05) is 6.79 Å². The average Bonchev–Trinajstić information content (AvgIpc) is 2.96. The van der Waals surface area contributed by atoms with Crippen molar-refractivity contribution in [3.05, 3.63) is 23.8 Å². The van der Waals surface area contributed by atoms with E-state index in [1.165, 1.54) is 63.4 Å². The van der Waals surface area contributed by atoms with Gasteiger partial charge in [0.15, 0.2) is 11.5 Å². The van der Waals surface area contributed by atoms with E-state index in [1.54, 1.807) is 0 Å². The molecule has 21 heavy (non-hydrogen) atoms. The molecule has 0 saturated heterocycles. The molecule has 116 valence electrons. The Labute approximate surface area is 128 Å². The summed E-state index contributed by atoms with van der Waals surface area (Å²) in [6.07, 6.45) is 12.6. The molecule has 0 bridgehead atoms. The normalized spacial score (nSPS) is 24.2. The van der Waals surface area contributed by atoms with Gasteiger partial charge < -0.3 is 9.47 Å². The molecule has 0 N–H and O–H groups in total. The lowest BCUT2D eigenvalue weighted by Gasteiger charge is -2.26. The van der Waals surface area contributed by atoms with Gasteiger partial charge in [-0.25, -0.2) is 0 Å². The minimum atomic E-state index is 0.374. The molecule has 1 aliphatic heterocycles. The van der Waals surface area contributed by atoms with Crippen LogP contribution in [0.25, 0.3) is 0 Å². The van der Waals surface area contributed by atoms with Crippen molar-refractivity contribution in [3.63, 3.8) is 0 Å². The number of unbranched alkanes of at least 4 members (excludes halogenated alkanes) is 2. The summed E-state index contributed by atoms with van der Waals surface area (Å²) in [6.45, 7) is 2.78. The molecule has 0 unspecified atom stereocenters. The van der Waals surface area contributed by atoms with E-state index in [4.69, 9.17) is 9.47 Å². The number of ether oxygens (including phenoxy) is 2. The molecular formula is C19H28O2. The molecule has 1 aliphatic carbocycles. The van der Waals surface area contributed by atoms with E-state index in [0.717, 1.165) is 23.3 Å². The fourth-order valence-electron chi connectivity index (χ4n) is 3.65. The maximum absolute atomic E-state index is 5.43. The topological polar surface area (TPSA) is 18.5 Å². The van der Waals surface area contributed by atoms with E-state index in [2.05, 4.69) is 19.1 Å². The van der Waals surface area contributed by atoms with E-state index in [1.807, 2.05) is 6.07 Å². The second-order valence-electron chi connectivity index (χ2n) is 6.91. The quantitative estimate of drug-likeness (QED) is 0.657. The van der Waals surface area contributed by atoms with Crippen molar-refractivity contribution in [3.8, 4) is 11.5 Å². The SMILES string of the molecule is CC1CCC(CCCCCc2ccc3c(c2)OCO3)CC1. The molecule has 0 aromatic heterocycles. The van der Waals surface area contributed by atoms with Crippen molar-refractivity contribution in [2.45, 2.75) is 64.7 Å². The van der Waals surface area contributed by atoms with Gasteiger partial charge in [-0.2, -0.15) is 0 Å². The second-order valence-corrected chi connectivity index (χ2v) is 6.91. The summed E-state index contributed by atoms with van der Waals surface area (Å²) in [6, 6.07) is 6.36. The van der Waals surface area contributed by atoms with Crippen LogP contribution in [0, 0.1) is 11.8 Å². The van der Waals surface area contributed by atoms with Crippen molar-refractivity contribution in [1.82, 2.24) is 0 Å². The lowest BCUT2D eigenvalue weighted by atomic mass is 9.80.